The number of thiophene rings is 1. The molecule has 25 heavy (non-hydrogen) atoms. The summed E-state index contributed by atoms with van der Waals surface area (Å²) in [6, 6.07) is 6.14. The second-order valence-corrected chi connectivity index (χ2v) is 7.35. The van der Waals surface area contributed by atoms with E-state index < -0.39 is 0 Å². The largest absolute Gasteiger partial charge is 0.353 e. The highest BCUT2D eigenvalue weighted by molar-refractivity contribution is 7.10. The number of anilines is 1. The van der Waals surface area contributed by atoms with Crippen molar-refractivity contribution < 1.29 is 4.79 Å². The van der Waals surface area contributed by atoms with Crippen LogP contribution in [0, 0.1) is 6.92 Å². The van der Waals surface area contributed by atoms with Crippen LogP contribution in [0.3, 0.4) is 0 Å². The number of hydrogen-bond donors (Lipinski definition) is 1. The summed E-state index contributed by atoms with van der Waals surface area (Å²) in [7, 11) is 0. The lowest BCUT2D eigenvalue weighted by Crippen LogP contribution is -2.37. The fourth-order valence-corrected chi connectivity index (χ4v) is 4.07. The molecule has 3 aromatic rings. The molecule has 7 nitrogen and oxygen atoms in total. The fourth-order valence-electron chi connectivity index (χ4n) is 3.16. The molecule has 1 fully saturated rings. The monoisotopic (exact) mass is 356 g/mol. The van der Waals surface area contributed by atoms with E-state index in [0.717, 1.165) is 37.4 Å². The van der Waals surface area contributed by atoms with E-state index in [1.807, 2.05) is 12.1 Å². The summed E-state index contributed by atoms with van der Waals surface area (Å²) in [5.41, 5.74) is 2.01. The molecule has 1 aliphatic heterocycles. The van der Waals surface area contributed by atoms with Crippen LogP contribution in [-0.2, 0) is 11.2 Å². The molecule has 0 bridgehead atoms. The maximum atomic E-state index is 12.2. The van der Waals surface area contributed by atoms with Gasteiger partial charge >= 0.3 is 0 Å². The predicted octanol–water partition coefficient (Wildman–Crippen LogP) is 1.82. The van der Waals surface area contributed by atoms with E-state index in [9.17, 15) is 4.79 Å². The highest BCUT2D eigenvalue weighted by atomic mass is 32.1. The molecule has 130 valence electrons. The van der Waals surface area contributed by atoms with Crippen LogP contribution < -0.4 is 10.2 Å². The molecule has 8 heteroatoms. The molecule has 1 aliphatic rings. The van der Waals surface area contributed by atoms with E-state index in [1.165, 1.54) is 10.4 Å². The summed E-state index contributed by atoms with van der Waals surface area (Å²) in [5, 5.41) is 17.6. The molecule has 1 N–H and O–H groups in total. The van der Waals surface area contributed by atoms with Crippen LogP contribution in [0.4, 0.5) is 5.82 Å². The second kappa shape index (κ2) is 6.79. The summed E-state index contributed by atoms with van der Waals surface area (Å²) in [5.74, 6) is 1.01. The van der Waals surface area contributed by atoms with Crippen molar-refractivity contribution in [3.05, 3.63) is 40.3 Å². The van der Waals surface area contributed by atoms with E-state index in [1.54, 1.807) is 22.2 Å². The molecule has 3 aromatic heterocycles. The molecule has 0 aliphatic carbocycles. The SMILES string of the molecule is Cc1ccsc1CCC(=O)NC1CCN(c2ccc3nncn3n2)C1. The highest BCUT2D eigenvalue weighted by Gasteiger charge is 2.25. The minimum atomic E-state index is 0.127. The Bertz CT molecular complexity index is 888. The molecule has 4 rings (SSSR count). The number of carbonyl (C=O) groups is 1. The molecule has 4 heterocycles. The van der Waals surface area contributed by atoms with Gasteiger partial charge in [-0.05, 0) is 48.9 Å². The first-order valence-electron chi connectivity index (χ1n) is 8.43. The second-order valence-electron chi connectivity index (χ2n) is 6.35. The average molecular weight is 356 g/mol. The molecule has 0 spiro atoms. The summed E-state index contributed by atoms with van der Waals surface area (Å²) >= 11 is 1.72. The third-order valence-electron chi connectivity index (χ3n) is 4.57. The van der Waals surface area contributed by atoms with Crippen molar-refractivity contribution in [1.29, 1.82) is 0 Å². The number of amides is 1. The first-order chi connectivity index (χ1) is 12.2. The van der Waals surface area contributed by atoms with Crippen LogP contribution in [0.5, 0.6) is 0 Å². The standard InChI is InChI=1S/C17H20N6OS/c1-12-7-9-25-14(12)2-5-17(24)19-13-6-8-22(10-13)16-4-3-15-20-18-11-23(15)21-16/h3-4,7,9,11,13H,2,5-6,8,10H2,1H3,(H,19,24). The zero-order valence-electron chi connectivity index (χ0n) is 14.1. The lowest BCUT2D eigenvalue weighted by molar-refractivity contribution is -0.121. The van der Waals surface area contributed by atoms with E-state index >= 15 is 0 Å². The fraction of sp³-hybridized carbons (Fsp3) is 0.412. The van der Waals surface area contributed by atoms with Gasteiger partial charge in [0.1, 0.15) is 12.1 Å². The van der Waals surface area contributed by atoms with Gasteiger partial charge in [0.2, 0.25) is 5.91 Å². The van der Waals surface area contributed by atoms with E-state index in [-0.39, 0.29) is 11.9 Å². The maximum Gasteiger partial charge on any atom is 0.220 e. The van der Waals surface area contributed by atoms with Gasteiger partial charge < -0.3 is 10.2 Å². The predicted molar refractivity (Wildman–Crippen MR) is 96.9 cm³/mol. The third-order valence-corrected chi connectivity index (χ3v) is 5.66. The van der Waals surface area contributed by atoms with Crippen LogP contribution in [0.25, 0.3) is 5.65 Å². The van der Waals surface area contributed by atoms with Crippen molar-refractivity contribution in [2.75, 3.05) is 18.0 Å². The molecule has 1 saturated heterocycles. The molecule has 1 unspecified atom stereocenters. The number of nitrogens with zero attached hydrogens (tertiary/aromatic N) is 5. The molecule has 0 radical (unpaired) electrons. The Morgan fingerprint density at radius 2 is 2.32 bits per heavy atom. The van der Waals surface area contributed by atoms with Gasteiger partial charge in [-0.2, -0.15) is 4.52 Å². The lowest BCUT2D eigenvalue weighted by Gasteiger charge is -2.17. The van der Waals surface area contributed by atoms with Crippen molar-refractivity contribution in [1.82, 2.24) is 25.1 Å². The van der Waals surface area contributed by atoms with Gasteiger partial charge in [-0.3, -0.25) is 4.79 Å². The number of rotatable bonds is 5. The van der Waals surface area contributed by atoms with Gasteiger partial charge in [0.15, 0.2) is 5.65 Å². The van der Waals surface area contributed by atoms with E-state index in [2.05, 4.69) is 43.9 Å². The van der Waals surface area contributed by atoms with Crippen LogP contribution in [-0.4, -0.2) is 44.8 Å². The third kappa shape index (κ3) is 3.48. The molecular formula is C17H20N6OS. The highest BCUT2D eigenvalue weighted by Crippen LogP contribution is 2.19. The first kappa shape index (κ1) is 16.0. The lowest BCUT2D eigenvalue weighted by atomic mass is 10.2. The van der Waals surface area contributed by atoms with Gasteiger partial charge in [-0.1, -0.05) is 0 Å². The van der Waals surface area contributed by atoms with Gasteiger partial charge in [0.05, 0.1) is 0 Å². The van der Waals surface area contributed by atoms with Crippen molar-refractivity contribution in [2.45, 2.75) is 32.2 Å². The smallest absolute Gasteiger partial charge is 0.220 e. The zero-order valence-corrected chi connectivity index (χ0v) is 14.9. The van der Waals surface area contributed by atoms with Gasteiger partial charge in [0.25, 0.3) is 0 Å². The number of aromatic nitrogens is 4. The van der Waals surface area contributed by atoms with Gasteiger partial charge in [-0.25, -0.2) is 0 Å². The van der Waals surface area contributed by atoms with Crippen molar-refractivity contribution in [3.63, 3.8) is 0 Å². The number of fused-ring (bicyclic) bond motifs is 1. The molecule has 1 amide bonds. The summed E-state index contributed by atoms with van der Waals surface area (Å²) in [6.07, 6.45) is 3.90. The average Bonchev–Trinajstić information content (AvgIpc) is 3.33. The van der Waals surface area contributed by atoms with Crippen molar-refractivity contribution in [3.8, 4) is 0 Å². The normalized spacial score (nSPS) is 17.3. The Labute approximate surface area is 149 Å². The summed E-state index contributed by atoms with van der Waals surface area (Å²) < 4.78 is 1.67. The van der Waals surface area contributed by atoms with Crippen molar-refractivity contribution >= 4 is 28.7 Å². The molecular weight excluding hydrogens is 336 g/mol. The molecule has 0 aromatic carbocycles. The Balaban J connectivity index is 1.31. The minimum Gasteiger partial charge on any atom is -0.353 e. The van der Waals surface area contributed by atoms with Crippen LogP contribution >= 0.6 is 11.3 Å². The minimum absolute atomic E-state index is 0.127. The van der Waals surface area contributed by atoms with E-state index in [4.69, 9.17) is 0 Å². The van der Waals surface area contributed by atoms with Crippen LogP contribution in [0.2, 0.25) is 0 Å². The summed E-state index contributed by atoms with van der Waals surface area (Å²) in [4.78, 5) is 15.7. The van der Waals surface area contributed by atoms with Gasteiger partial charge in [-0.15, -0.1) is 26.6 Å². The quantitative estimate of drug-likeness (QED) is 0.755. The number of hydrogen-bond acceptors (Lipinski definition) is 6. The van der Waals surface area contributed by atoms with Crippen LogP contribution in [0.1, 0.15) is 23.3 Å². The Kier molecular flexibility index (Phi) is 4.35. The zero-order chi connectivity index (χ0) is 17.2. The topological polar surface area (TPSA) is 75.4 Å². The van der Waals surface area contributed by atoms with Crippen molar-refractivity contribution in [2.24, 2.45) is 0 Å². The Morgan fingerprint density at radius 3 is 3.16 bits per heavy atom. The Hall–Kier alpha value is -2.48. The summed E-state index contributed by atoms with van der Waals surface area (Å²) in [6.45, 7) is 3.76. The molecule has 0 saturated carbocycles. The number of nitrogens with one attached hydrogen (secondary N) is 1. The number of carbonyl (C=O) groups excluding carboxylic acids is 1. The van der Waals surface area contributed by atoms with E-state index in [0.29, 0.717) is 6.42 Å². The maximum absolute atomic E-state index is 12.2. The number of aryl methyl sites for hydroxylation is 2. The van der Waals surface area contributed by atoms with Crippen LogP contribution in [0.15, 0.2) is 29.9 Å². The Morgan fingerprint density at radius 1 is 1.40 bits per heavy atom. The molecule has 1 atom stereocenters. The first-order valence-corrected chi connectivity index (χ1v) is 9.31. The van der Waals surface area contributed by atoms with Gasteiger partial charge in [0, 0.05) is 30.4 Å².